The number of hydrogen-bond donors (Lipinski definition) is 0. The molecule has 4 nitrogen and oxygen atoms in total. The quantitative estimate of drug-likeness (QED) is 0.679. The Kier molecular flexibility index (Phi) is 4.56. The van der Waals surface area contributed by atoms with Gasteiger partial charge in [-0.1, -0.05) is 31.1 Å². The van der Waals surface area contributed by atoms with E-state index in [0.29, 0.717) is 36.5 Å². The van der Waals surface area contributed by atoms with E-state index in [1.54, 1.807) is 37.4 Å². The van der Waals surface area contributed by atoms with Crippen molar-refractivity contribution in [1.29, 1.82) is 0 Å². The molecule has 1 saturated heterocycles. The number of carbonyl (C=O) groups excluding carboxylic acids is 1. The van der Waals surface area contributed by atoms with Gasteiger partial charge in [-0.3, -0.25) is 9.69 Å². The molecule has 2 heterocycles. The molecule has 0 unspecified atom stereocenters. The molecule has 1 aliphatic rings. The molecule has 0 N–H and O–H groups in total. The summed E-state index contributed by atoms with van der Waals surface area (Å²) < 4.78 is 45.4. The van der Waals surface area contributed by atoms with Crippen LogP contribution in [0.1, 0.15) is 37.8 Å². The maximum absolute atomic E-state index is 13.1. The Bertz CT molecular complexity index is 850. The number of ether oxygens (including phenoxy) is 1. The molecule has 1 amide bonds. The Morgan fingerprint density at radius 3 is 2.69 bits per heavy atom. The molecule has 0 spiro atoms. The summed E-state index contributed by atoms with van der Waals surface area (Å²) in [4.78, 5) is 17.3. The van der Waals surface area contributed by atoms with Gasteiger partial charge in [0.1, 0.15) is 5.72 Å². The third-order valence-electron chi connectivity index (χ3n) is 4.84. The molecule has 1 fully saturated rings. The van der Waals surface area contributed by atoms with Crippen molar-refractivity contribution in [2.24, 2.45) is 0 Å². The number of methoxy groups -OCH3 is 1. The van der Waals surface area contributed by atoms with E-state index in [2.05, 4.69) is 0 Å². The van der Waals surface area contributed by atoms with Gasteiger partial charge in [-0.05, 0) is 30.0 Å². The predicted molar refractivity (Wildman–Crippen MR) is 108 cm³/mol. The second-order valence-electron chi connectivity index (χ2n) is 6.32. The molecule has 3 rings (SSSR count). The van der Waals surface area contributed by atoms with Crippen LogP contribution in [0.3, 0.4) is 0 Å². The van der Waals surface area contributed by atoms with Crippen molar-refractivity contribution in [2.75, 3.05) is 31.6 Å². The summed E-state index contributed by atoms with van der Waals surface area (Å²) in [6.45, 7) is -1.06. The summed E-state index contributed by atoms with van der Waals surface area (Å²) in [5, 5.41) is 1.87. The van der Waals surface area contributed by atoms with Gasteiger partial charge in [0.15, 0.2) is 0 Å². The standard InChI is InChI=1S/C21H28N2O2S/c1-3-20(24)23(18-8-5-4-6-9-18)21(25-2)12-15-22(16-13-21)14-11-19-10-7-17-26-19/h4-10,17H,3,11-16H2,1-2H3/i1D3,11D2. The molecule has 26 heavy (non-hydrogen) atoms. The lowest BCUT2D eigenvalue weighted by Gasteiger charge is -2.47. The van der Waals surface area contributed by atoms with Crippen molar-refractivity contribution >= 4 is 22.9 Å². The SMILES string of the molecule is [2H]C([2H])([2H])CC(=O)N(c1ccccc1)C1(OC)CCN(CC([2H])([2H])c2cccs2)CC1. The first-order valence-electron chi connectivity index (χ1n) is 11.3. The summed E-state index contributed by atoms with van der Waals surface area (Å²) in [6.07, 6.45) is -1.13. The zero-order chi connectivity index (χ0) is 22.7. The maximum Gasteiger partial charge on any atom is 0.229 e. The lowest BCUT2D eigenvalue weighted by molar-refractivity contribution is -0.128. The fourth-order valence-electron chi connectivity index (χ4n) is 3.41. The molecule has 140 valence electrons. The number of likely N-dealkylation sites (tertiary alicyclic amines) is 1. The largest absolute Gasteiger partial charge is 0.358 e. The molecule has 0 aliphatic carbocycles. The zero-order valence-electron chi connectivity index (χ0n) is 20.0. The van der Waals surface area contributed by atoms with E-state index >= 15 is 0 Å². The highest BCUT2D eigenvalue weighted by Crippen LogP contribution is 2.34. The second-order valence-corrected chi connectivity index (χ2v) is 7.27. The Balaban J connectivity index is 1.80. The van der Waals surface area contributed by atoms with E-state index in [4.69, 9.17) is 11.6 Å². The van der Waals surface area contributed by atoms with Crippen LogP contribution in [0.4, 0.5) is 5.69 Å². The molecule has 1 aromatic heterocycles. The first-order chi connectivity index (χ1) is 14.6. The lowest BCUT2D eigenvalue weighted by Crippen LogP contribution is -2.59. The molecular formula is C21H28N2O2S. The van der Waals surface area contributed by atoms with Gasteiger partial charge in [-0.15, -0.1) is 11.3 Å². The van der Waals surface area contributed by atoms with Gasteiger partial charge in [-0.25, -0.2) is 0 Å². The predicted octanol–water partition coefficient (Wildman–Crippen LogP) is 4.17. The summed E-state index contributed by atoms with van der Waals surface area (Å²) in [7, 11) is 1.54. The zero-order valence-corrected chi connectivity index (χ0v) is 15.8. The summed E-state index contributed by atoms with van der Waals surface area (Å²) in [5.41, 5.74) is -0.378. The lowest BCUT2D eigenvalue weighted by atomic mass is 9.96. The van der Waals surface area contributed by atoms with Gasteiger partial charge >= 0.3 is 0 Å². The summed E-state index contributed by atoms with van der Waals surface area (Å²) in [6, 6.07) is 12.7. The van der Waals surface area contributed by atoms with Crippen molar-refractivity contribution in [1.82, 2.24) is 4.90 Å². The number of amides is 1. The van der Waals surface area contributed by atoms with Crippen LogP contribution in [0.5, 0.6) is 0 Å². The van der Waals surface area contributed by atoms with Gasteiger partial charge in [0.2, 0.25) is 5.91 Å². The molecule has 0 bridgehead atoms. The van der Waals surface area contributed by atoms with E-state index in [1.165, 1.54) is 16.2 Å². The van der Waals surface area contributed by atoms with Crippen molar-refractivity contribution in [2.45, 2.75) is 38.2 Å². The summed E-state index contributed by atoms with van der Waals surface area (Å²) >= 11 is 1.40. The molecular weight excluding hydrogens is 344 g/mol. The molecule has 5 heteroatoms. The fraction of sp³-hybridized carbons (Fsp3) is 0.476. The number of benzene rings is 1. The van der Waals surface area contributed by atoms with Crippen LogP contribution in [0.25, 0.3) is 0 Å². The number of rotatable bonds is 7. The topological polar surface area (TPSA) is 32.8 Å². The van der Waals surface area contributed by atoms with Gasteiger partial charge in [0, 0.05) is 63.4 Å². The minimum atomic E-state index is -2.38. The van der Waals surface area contributed by atoms with Crippen LogP contribution in [0.15, 0.2) is 47.8 Å². The molecule has 1 aliphatic heterocycles. The number of nitrogens with zero attached hydrogens (tertiary/aromatic N) is 2. The minimum Gasteiger partial charge on any atom is -0.358 e. The van der Waals surface area contributed by atoms with Gasteiger partial charge < -0.3 is 9.64 Å². The van der Waals surface area contributed by atoms with Crippen LogP contribution >= 0.6 is 11.3 Å². The third kappa shape index (κ3) is 4.17. The maximum atomic E-state index is 13.1. The van der Waals surface area contributed by atoms with Gasteiger partial charge in [0.05, 0.1) is 0 Å². The van der Waals surface area contributed by atoms with Crippen LogP contribution in [-0.2, 0) is 15.9 Å². The Hall–Kier alpha value is -1.69. The Morgan fingerprint density at radius 2 is 2.08 bits per heavy atom. The monoisotopic (exact) mass is 377 g/mol. The van der Waals surface area contributed by atoms with Gasteiger partial charge in [-0.2, -0.15) is 0 Å². The average Bonchev–Trinajstić information content (AvgIpc) is 3.25. The van der Waals surface area contributed by atoms with Crippen molar-refractivity contribution in [3.63, 3.8) is 0 Å². The molecule has 0 saturated carbocycles. The van der Waals surface area contributed by atoms with E-state index in [1.807, 2.05) is 22.4 Å². The first kappa shape index (κ1) is 13.5. The molecule has 0 atom stereocenters. The molecule has 0 radical (unpaired) electrons. The van der Waals surface area contributed by atoms with E-state index in [9.17, 15) is 4.79 Å². The van der Waals surface area contributed by atoms with E-state index in [-0.39, 0.29) is 6.54 Å². The number of carbonyl (C=O) groups is 1. The van der Waals surface area contributed by atoms with Gasteiger partial charge in [0.25, 0.3) is 0 Å². The average molecular weight is 378 g/mol. The van der Waals surface area contributed by atoms with Crippen LogP contribution in [0.2, 0.25) is 0 Å². The molecule has 1 aromatic carbocycles. The number of piperidine rings is 1. The van der Waals surface area contributed by atoms with Crippen LogP contribution in [0, 0.1) is 0 Å². The summed E-state index contributed by atoms with van der Waals surface area (Å²) in [5.74, 6) is -0.504. The number of para-hydroxylation sites is 1. The Labute approximate surface area is 167 Å². The van der Waals surface area contributed by atoms with Crippen molar-refractivity contribution in [3.8, 4) is 0 Å². The molecule has 2 aromatic rings. The van der Waals surface area contributed by atoms with Crippen molar-refractivity contribution < 1.29 is 16.4 Å². The van der Waals surface area contributed by atoms with E-state index in [0.717, 1.165) is 0 Å². The van der Waals surface area contributed by atoms with Crippen LogP contribution in [-0.4, -0.2) is 43.3 Å². The number of anilines is 1. The van der Waals surface area contributed by atoms with Crippen molar-refractivity contribution in [3.05, 3.63) is 52.7 Å². The second kappa shape index (κ2) is 8.80. The normalized spacial score (nSPS) is 21.0. The smallest absolute Gasteiger partial charge is 0.229 e. The third-order valence-corrected chi connectivity index (χ3v) is 5.67. The van der Waals surface area contributed by atoms with Crippen LogP contribution < -0.4 is 4.90 Å². The minimum absolute atomic E-state index is 0.252. The number of hydrogen-bond acceptors (Lipinski definition) is 4. The Morgan fingerprint density at radius 1 is 1.31 bits per heavy atom. The first-order valence-corrected chi connectivity index (χ1v) is 9.64. The highest BCUT2D eigenvalue weighted by Gasteiger charge is 2.42. The fourth-order valence-corrected chi connectivity index (χ4v) is 4.02. The number of thiophene rings is 1. The highest BCUT2D eigenvalue weighted by atomic mass is 32.1. The van der Waals surface area contributed by atoms with E-state index < -0.39 is 31.3 Å². The highest BCUT2D eigenvalue weighted by molar-refractivity contribution is 7.09.